The number of nitrogens with zero attached hydrogens (tertiary/aromatic N) is 1. The predicted molar refractivity (Wildman–Crippen MR) is 101 cm³/mol. The van der Waals surface area contributed by atoms with Crippen LogP contribution in [0.2, 0.25) is 0 Å². The first-order valence-corrected chi connectivity index (χ1v) is 9.59. The molecule has 3 amide bonds. The number of amides is 3. The molecule has 0 spiro atoms. The molecule has 0 radical (unpaired) electrons. The third-order valence-electron chi connectivity index (χ3n) is 5.50. The Morgan fingerprint density at radius 2 is 1.93 bits per heavy atom. The second kappa shape index (κ2) is 7.88. The van der Waals surface area contributed by atoms with Crippen LogP contribution in [0.25, 0.3) is 0 Å². The van der Waals surface area contributed by atoms with Crippen LogP contribution in [0.1, 0.15) is 47.0 Å². The number of hydrogen-bond donors (Lipinski definition) is 2. The summed E-state index contributed by atoms with van der Waals surface area (Å²) in [5.41, 5.74) is 1.53. The van der Waals surface area contributed by atoms with E-state index in [0.29, 0.717) is 38.0 Å². The van der Waals surface area contributed by atoms with Crippen molar-refractivity contribution in [1.82, 2.24) is 15.5 Å². The SMILES string of the molecule is O=C1N[C@H](CC(=O)N2CCC(C(=O)NCc3ccco3)CC2)c2ccccc21. The maximum Gasteiger partial charge on any atom is 0.252 e. The van der Waals surface area contributed by atoms with Crippen molar-refractivity contribution in [1.29, 1.82) is 0 Å². The second-order valence-electron chi connectivity index (χ2n) is 7.27. The minimum atomic E-state index is -0.273. The van der Waals surface area contributed by atoms with Crippen LogP contribution in [0.3, 0.4) is 0 Å². The molecule has 7 nitrogen and oxygen atoms in total. The molecule has 146 valence electrons. The van der Waals surface area contributed by atoms with E-state index in [1.165, 1.54) is 0 Å². The van der Waals surface area contributed by atoms with Crippen molar-refractivity contribution in [2.45, 2.75) is 31.8 Å². The number of hydrogen-bond acceptors (Lipinski definition) is 4. The van der Waals surface area contributed by atoms with Crippen molar-refractivity contribution in [2.75, 3.05) is 13.1 Å². The van der Waals surface area contributed by atoms with Gasteiger partial charge >= 0.3 is 0 Å². The molecule has 1 aromatic heterocycles. The molecule has 7 heteroatoms. The van der Waals surface area contributed by atoms with Gasteiger partial charge in [0.2, 0.25) is 11.8 Å². The van der Waals surface area contributed by atoms with Crippen molar-refractivity contribution < 1.29 is 18.8 Å². The molecule has 28 heavy (non-hydrogen) atoms. The van der Waals surface area contributed by atoms with E-state index in [0.717, 1.165) is 11.3 Å². The summed E-state index contributed by atoms with van der Waals surface area (Å²) in [6.07, 6.45) is 3.11. The minimum absolute atomic E-state index is 0.000447. The Hall–Kier alpha value is -3.09. The number of benzene rings is 1. The largest absolute Gasteiger partial charge is 0.467 e. The first kappa shape index (κ1) is 18.3. The molecule has 2 aliphatic heterocycles. The average molecular weight is 381 g/mol. The van der Waals surface area contributed by atoms with Gasteiger partial charge in [0, 0.05) is 24.6 Å². The van der Waals surface area contributed by atoms with E-state index in [2.05, 4.69) is 10.6 Å². The maximum atomic E-state index is 12.7. The highest BCUT2D eigenvalue weighted by Gasteiger charge is 2.33. The molecule has 4 rings (SSSR count). The van der Waals surface area contributed by atoms with Gasteiger partial charge in [0.15, 0.2) is 0 Å². The van der Waals surface area contributed by atoms with Crippen LogP contribution in [0, 0.1) is 5.92 Å². The molecule has 3 heterocycles. The molecule has 2 aliphatic rings. The van der Waals surface area contributed by atoms with Crippen LogP contribution in [0.5, 0.6) is 0 Å². The third-order valence-corrected chi connectivity index (χ3v) is 5.50. The van der Waals surface area contributed by atoms with Gasteiger partial charge in [0.05, 0.1) is 25.3 Å². The van der Waals surface area contributed by atoms with Gasteiger partial charge in [-0.15, -0.1) is 0 Å². The average Bonchev–Trinajstić information content (AvgIpc) is 3.35. The fourth-order valence-electron chi connectivity index (χ4n) is 3.91. The van der Waals surface area contributed by atoms with Gasteiger partial charge in [-0.2, -0.15) is 0 Å². The zero-order valence-electron chi connectivity index (χ0n) is 15.5. The summed E-state index contributed by atoms with van der Waals surface area (Å²) >= 11 is 0. The number of carbonyl (C=O) groups excluding carboxylic acids is 3. The summed E-state index contributed by atoms with van der Waals surface area (Å²) < 4.78 is 5.22. The van der Waals surface area contributed by atoms with Gasteiger partial charge in [-0.05, 0) is 36.6 Å². The van der Waals surface area contributed by atoms with Crippen LogP contribution in [0.15, 0.2) is 47.1 Å². The Morgan fingerprint density at radius 3 is 2.68 bits per heavy atom. The number of furan rings is 1. The highest BCUT2D eigenvalue weighted by Crippen LogP contribution is 2.29. The molecule has 1 fully saturated rings. The molecular weight excluding hydrogens is 358 g/mol. The molecule has 0 saturated carbocycles. The lowest BCUT2D eigenvalue weighted by atomic mass is 9.95. The minimum Gasteiger partial charge on any atom is -0.467 e. The lowest BCUT2D eigenvalue weighted by Crippen LogP contribution is -2.43. The molecule has 0 bridgehead atoms. The van der Waals surface area contributed by atoms with E-state index in [9.17, 15) is 14.4 Å². The number of rotatable bonds is 5. The van der Waals surface area contributed by atoms with Crippen molar-refractivity contribution >= 4 is 17.7 Å². The lowest BCUT2D eigenvalue weighted by molar-refractivity contribution is -0.136. The summed E-state index contributed by atoms with van der Waals surface area (Å²) in [7, 11) is 0. The normalized spacial score (nSPS) is 19.2. The highest BCUT2D eigenvalue weighted by molar-refractivity contribution is 5.99. The van der Waals surface area contributed by atoms with E-state index < -0.39 is 0 Å². The van der Waals surface area contributed by atoms with Crippen LogP contribution in [0.4, 0.5) is 0 Å². The fourth-order valence-corrected chi connectivity index (χ4v) is 3.91. The molecule has 0 unspecified atom stereocenters. The Labute approximate surface area is 163 Å². The molecular formula is C21H23N3O4. The van der Waals surface area contributed by atoms with Gasteiger partial charge in [-0.3, -0.25) is 14.4 Å². The zero-order valence-corrected chi connectivity index (χ0v) is 15.5. The van der Waals surface area contributed by atoms with Gasteiger partial charge in [0.25, 0.3) is 5.91 Å². The number of piperidine rings is 1. The van der Waals surface area contributed by atoms with E-state index in [1.807, 2.05) is 24.3 Å². The molecule has 0 aliphatic carbocycles. The molecule has 2 aromatic rings. The topological polar surface area (TPSA) is 91.7 Å². The van der Waals surface area contributed by atoms with E-state index >= 15 is 0 Å². The monoisotopic (exact) mass is 381 g/mol. The summed E-state index contributed by atoms with van der Waals surface area (Å²) in [5.74, 6) is 0.517. The standard InChI is InChI=1S/C21H23N3O4/c25-19(12-18-16-5-1-2-6-17(16)21(27)23-18)24-9-7-14(8-10-24)20(26)22-13-15-4-3-11-28-15/h1-6,11,14,18H,7-10,12-13H2,(H,22,26)(H,23,27)/t18-/m1/s1. The van der Waals surface area contributed by atoms with Gasteiger partial charge < -0.3 is 20.0 Å². The first-order valence-electron chi connectivity index (χ1n) is 9.59. The maximum absolute atomic E-state index is 12.7. The summed E-state index contributed by atoms with van der Waals surface area (Å²) in [4.78, 5) is 38.8. The number of carbonyl (C=O) groups is 3. The van der Waals surface area contributed by atoms with Gasteiger partial charge in [0.1, 0.15) is 5.76 Å². The van der Waals surface area contributed by atoms with Crippen molar-refractivity contribution in [3.63, 3.8) is 0 Å². The Kier molecular flexibility index (Phi) is 5.14. The third kappa shape index (κ3) is 3.78. The number of likely N-dealkylation sites (tertiary alicyclic amines) is 1. The smallest absolute Gasteiger partial charge is 0.252 e. The second-order valence-corrected chi connectivity index (χ2v) is 7.27. The number of nitrogens with one attached hydrogen (secondary N) is 2. The van der Waals surface area contributed by atoms with Gasteiger partial charge in [-0.1, -0.05) is 18.2 Å². The number of fused-ring (bicyclic) bond motifs is 1. The molecule has 2 N–H and O–H groups in total. The predicted octanol–water partition coefficient (Wildman–Crippen LogP) is 2.01. The van der Waals surface area contributed by atoms with Crippen LogP contribution >= 0.6 is 0 Å². The Morgan fingerprint density at radius 1 is 1.14 bits per heavy atom. The van der Waals surface area contributed by atoms with Crippen molar-refractivity contribution in [3.05, 3.63) is 59.5 Å². The fraction of sp³-hybridized carbons (Fsp3) is 0.381. The molecule has 1 aromatic carbocycles. The van der Waals surface area contributed by atoms with Gasteiger partial charge in [-0.25, -0.2) is 0 Å². The van der Waals surface area contributed by atoms with Crippen molar-refractivity contribution in [3.8, 4) is 0 Å². The summed E-state index contributed by atoms with van der Waals surface area (Å²) in [5, 5.41) is 5.78. The van der Waals surface area contributed by atoms with E-state index in [4.69, 9.17) is 4.42 Å². The van der Waals surface area contributed by atoms with Crippen molar-refractivity contribution in [2.24, 2.45) is 5.92 Å². The lowest BCUT2D eigenvalue weighted by Gasteiger charge is -2.32. The molecule has 1 saturated heterocycles. The first-order chi connectivity index (χ1) is 13.6. The summed E-state index contributed by atoms with van der Waals surface area (Å²) in [6.45, 7) is 1.49. The van der Waals surface area contributed by atoms with E-state index in [-0.39, 0.29) is 36.1 Å². The quantitative estimate of drug-likeness (QED) is 0.829. The Balaban J connectivity index is 1.26. The Bertz CT molecular complexity index is 870. The summed E-state index contributed by atoms with van der Waals surface area (Å²) in [6, 6.07) is 10.7. The zero-order chi connectivity index (χ0) is 19.5. The highest BCUT2D eigenvalue weighted by atomic mass is 16.3. The van der Waals surface area contributed by atoms with Crippen LogP contribution in [-0.4, -0.2) is 35.7 Å². The molecule has 1 atom stereocenters. The van der Waals surface area contributed by atoms with Crippen LogP contribution in [-0.2, 0) is 16.1 Å². The van der Waals surface area contributed by atoms with Crippen LogP contribution < -0.4 is 10.6 Å². The van der Waals surface area contributed by atoms with E-state index in [1.54, 1.807) is 23.3 Å².